The fourth-order valence-corrected chi connectivity index (χ4v) is 5.40. The van der Waals surface area contributed by atoms with Gasteiger partial charge < -0.3 is 15.1 Å². The number of hydrogen-bond acceptors (Lipinski definition) is 6. The predicted molar refractivity (Wildman–Crippen MR) is 157 cm³/mol. The predicted octanol–water partition coefficient (Wildman–Crippen LogP) is 5.88. The molecule has 0 bridgehead atoms. The number of benzene rings is 3. The van der Waals surface area contributed by atoms with Crippen molar-refractivity contribution in [3.05, 3.63) is 119 Å². The normalized spacial score (nSPS) is 15.3. The molecule has 0 saturated carbocycles. The van der Waals surface area contributed by atoms with Crippen LogP contribution in [0.4, 0.5) is 11.4 Å². The van der Waals surface area contributed by atoms with Gasteiger partial charge in [-0.1, -0.05) is 40.2 Å². The SMILES string of the molecule is O=C(Nc1cccc(S[C@@H]2CC(=O)N(c3ccc(Br)cc3)C2=O)c1)/C(=C\c1ccco1)NC(=O)c1ccccc1. The number of carbonyl (C=O) groups excluding carboxylic acids is 4. The standard InChI is InChI=1S/C30H22BrN3O5S/c31-20-11-13-22(14-12-20)34-27(35)18-26(30(34)38)40-24-10-4-8-21(16-24)32-29(37)25(17-23-9-5-15-39-23)33-28(36)19-6-2-1-3-7-19/h1-17,26H,18H2,(H,32,37)(H,33,36)/b25-17+/t26-/m1/s1. The highest BCUT2D eigenvalue weighted by Gasteiger charge is 2.40. The van der Waals surface area contributed by atoms with E-state index in [0.717, 1.165) is 4.47 Å². The lowest BCUT2D eigenvalue weighted by Crippen LogP contribution is -2.31. The molecule has 2 N–H and O–H groups in total. The Labute approximate surface area is 242 Å². The molecule has 1 fully saturated rings. The molecule has 0 unspecified atom stereocenters. The molecule has 0 aliphatic carbocycles. The second-order valence-corrected chi connectivity index (χ2v) is 10.9. The van der Waals surface area contributed by atoms with E-state index in [1.54, 1.807) is 91.0 Å². The topological polar surface area (TPSA) is 109 Å². The van der Waals surface area contributed by atoms with Crippen molar-refractivity contribution in [2.24, 2.45) is 0 Å². The van der Waals surface area contributed by atoms with Crippen LogP contribution in [0, 0.1) is 0 Å². The van der Waals surface area contributed by atoms with E-state index in [0.29, 0.717) is 27.6 Å². The van der Waals surface area contributed by atoms with Crippen molar-refractivity contribution in [3.63, 3.8) is 0 Å². The van der Waals surface area contributed by atoms with E-state index in [4.69, 9.17) is 4.42 Å². The zero-order chi connectivity index (χ0) is 28.1. The van der Waals surface area contributed by atoms with E-state index >= 15 is 0 Å². The molecule has 2 heterocycles. The summed E-state index contributed by atoms with van der Waals surface area (Å²) in [6.45, 7) is 0. The first-order valence-electron chi connectivity index (χ1n) is 12.2. The Morgan fingerprint density at radius 1 is 0.950 bits per heavy atom. The summed E-state index contributed by atoms with van der Waals surface area (Å²) in [5.74, 6) is -1.17. The second kappa shape index (κ2) is 12.2. The molecule has 1 saturated heterocycles. The number of thioether (sulfide) groups is 1. The molecule has 4 aromatic rings. The van der Waals surface area contributed by atoms with Gasteiger partial charge >= 0.3 is 0 Å². The molecular formula is C30H22BrN3O5S. The first-order valence-corrected chi connectivity index (χ1v) is 13.9. The molecule has 10 heteroatoms. The molecule has 4 amide bonds. The minimum atomic E-state index is -0.596. The number of carbonyl (C=O) groups is 4. The molecule has 40 heavy (non-hydrogen) atoms. The number of furan rings is 1. The van der Waals surface area contributed by atoms with Crippen molar-refractivity contribution >= 4 is 68.8 Å². The molecule has 1 aliphatic heterocycles. The van der Waals surface area contributed by atoms with Gasteiger partial charge in [-0.2, -0.15) is 0 Å². The van der Waals surface area contributed by atoms with Gasteiger partial charge in [-0.05, 0) is 66.7 Å². The van der Waals surface area contributed by atoms with Gasteiger partial charge in [0.05, 0.1) is 17.2 Å². The molecule has 0 radical (unpaired) electrons. The van der Waals surface area contributed by atoms with Crippen molar-refractivity contribution in [1.82, 2.24) is 5.32 Å². The highest BCUT2D eigenvalue weighted by Crippen LogP contribution is 2.35. The van der Waals surface area contributed by atoms with Crippen LogP contribution in [0.25, 0.3) is 6.08 Å². The molecule has 0 spiro atoms. The smallest absolute Gasteiger partial charge is 0.272 e. The number of amides is 4. The molecular weight excluding hydrogens is 594 g/mol. The molecule has 3 aromatic carbocycles. The summed E-state index contributed by atoms with van der Waals surface area (Å²) in [7, 11) is 0. The van der Waals surface area contributed by atoms with Crippen LogP contribution in [0.2, 0.25) is 0 Å². The Balaban J connectivity index is 1.30. The first kappa shape index (κ1) is 27.2. The van der Waals surface area contributed by atoms with E-state index in [9.17, 15) is 19.2 Å². The highest BCUT2D eigenvalue weighted by atomic mass is 79.9. The van der Waals surface area contributed by atoms with E-state index in [-0.39, 0.29) is 23.9 Å². The Kier molecular flexibility index (Phi) is 8.28. The summed E-state index contributed by atoms with van der Waals surface area (Å²) >= 11 is 4.61. The van der Waals surface area contributed by atoms with Crippen molar-refractivity contribution in [3.8, 4) is 0 Å². The number of halogens is 1. The molecule has 8 nitrogen and oxygen atoms in total. The fraction of sp³-hybridized carbons (Fsp3) is 0.0667. The number of anilines is 2. The minimum Gasteiger partial charge on any atom is -0.465 e. The van der Waals surface area contributed by atoms with Gasteiger partial charge in [0, 0.05) is 33.1 Å². The molecule has 5 rings (SSSR count). The maximum atomic E-state index is 13.2. The van der Waals surface area contributed by atoms with Gasteiger partial charge in [-0.3, -0.25) is 19.2 Å². The Morgan fingerprint density at radius 3 is 2.45 bits per heavy atom. The molecule has 200 valence electrons. The Morgan fingerprint density at radius 2 is 1.73 bits per heavy atom. The van der Waals surface area contributed by atoms with Gasteiger partial charge in [0.2, 0.25) is 11.8 Å². The van der Waals surface area contributed by atoms with Crippen molar-refractivity contribution in [2.75, 3.05) is 10.2 Å². The van der Waals surface area contributed by atoms with Crippen LogP contribution in [0.1, 0.15) is 22.5 Å². The van der Waals surface area contributed by atoms with E-state index < -0.39 is 17.1 Å². The Bertz CT molecular complexity index is 1590. The summed E-state index contributed by atoms with van der Waals surface area (Å²) in [5, 5.41) is 4.85. The van der Waals surface area contributed by atoms with Crippen LogP contribution >= 0.6 is 27.7 Å². The fourth-order valence-electron chi connectivity index (χ4n) is 4.03. The summed E-state index contributed by atoms with van der Waals surface area (Å²) in [4.78, 5) is 53.6. The van der Waals surface area contributed by atoms with Crippen LogP contribution in [-0.2, 0) is 14.4 Å². The van der Waals surface area contributed by atoms with Crippen molar-refractivity contribution in [2.45, 2.75) is 16.6 Å². The lowest BCUT2D eigenvalue weighted by molar-refractivity contribution is -0.121. The van der Waals surface area contributed by atoms with Gasteiger partial charge in [-0.25, -0.2) is 4.90 Å². The van der Waals surface area contributed by atoms with Gasteiger partial charge in [0.15, 0.2) is 0 Å². The third kappa shape index (κ3) is 6.41. The van der Waals surface area contributed by atoms with Crippen molar-refractivity contribution in [1.29, 1.82) is 0 Å². The monoisotopic (exact) mass is 615 g/mol. The number of nitrogens with one attached hydrogen (secondary N) is 2. The lowest BCUT2D eigenvalue weighted by Gasteiger charge is -2.15. The van der Waals surface area contributed by atoms with Crippen LogP contribution in [0.5, 0.6) is 0 Å². The highest BCUT2D eigenvalue weighted by molar-refractivity contribution is 9.10. The Hall–Kier alpha value is -4.41. The van der Waals surface area contributed by atoms with E-state index in [1.165, 1.54) is 29.0 Å². The van der Waals surface area contributed by atoms with Crippen LogP contribution in [0.3, 0.4) is 0 Å². The molecule has 1 aromatic heterocycles. The van der Waals surface area contributed by atoms with Crippen molar-refractivity contribution < 1.29 is 23.6 Å². The zero-order valence-electron chi connectivity index (χ0n) is 20.9. The number of imide groups is 1. The summed E-state index contributed by atoms with van der Waals surface area (Å²) in [5.41, 5.74) is 1.36. The third-order valence-corrected chi connectivity index (χ3v) is 7.63. The number of rotatable bonds is 8. The van der Waals surface area contributed by atoms with Crippen LogP contribution < -0.4 is 15.5 Å². The maximum Gasteiger partial charge on any atom is 0.272 e. The van der Waals surface area contributed by atoms with Gasteiger partial charge in [0.25, 0.3) is 11.8 Å². The quantitative estimate of drug-likeness (QED) is 0.189. The van der Waals surface area contributed by atoms with Crippen LogP contribution in [-0.4, -0.2) is 28.9 Å². The van der Waals surface area contributed by atoms with Gasteiger partial charge in [0.1, 0.15) is 11.5 Å². The van der Waals surface area contributed by atoms with Crippen LogP contribution in [0.15, 0.2) is 117 Å². The summed E-state index contributed by atoms with van der Waals surface area (Å²) in [6.07, 6.45) is 2.97. The van der Waals surface area contributed by atoms with Gasteiger partial charge in [-0.15, -0.1) is 11.8 Å². The molecule has 1 atom stereocenters. The summed E-state index contributed by atoms with van der Waals surface area (Å²) < 4.78 is 6.18. The first-order chi connectivity index (χ1) is 19.4. The summed E-state index contributed by atoms with van der Waals surface area (Å²) in [6, 6.07) is 25.8. The minimum absolute atomic E-state index is 0.0106. The third-order valence-electron chi connectivity index (χ3n) is 5.92. The van der Waals surface area contributed by atoms with E-state index in [1.807, 2.05) is 0 Å². The largest absolute Gasteiger partial charge is 0.465 e. The average molecular weight is 616 g/mol. The number of nitrogens with zero attached hydrogens (tertiary/aromatic N) is 1. The maximum absolute atomic E-state index is 13.2. The van der Waals surface area contributed by atoms with E-state index in [2.05, 4.69) is 26.6 Å². The molecule has 1 aliphatic rings. The lowest BCUT2D eigenvalue weighted by atomic mass is 10.2. The average Bonchev–Trinajstić information content (AvgIpc) is 3.56. The second-order valence-electron chi connectivity index (χ2n) is 8.73. The number of hydrogen-bond donors (Lipinski definition) is 2. The zero-order valence-corrected chi connectivity index (χ0v) is 23.3.